The number of para-hydroxylation sites is 1. The third-order valence-electron chi connectivity index (χ3n) is 6.66. The zero-order chi connectivity index (χ0) is 29.6. The minimum absolute atomic E-state index is 0.123. The molecule has 0 saturated heterocycles. The number of aliphatic imine (C=N–C) groups is 1. The second-order valence-electron chi connectivity index (χ2n) is 9.80. The maximum atomic E-state index is 14.0. The number of amides is 3. The average Bonchev–Trinajstić information content (AvgIpc) is 3.08. The zero-order valence-electron chi connectivity index (χ0n) is 22.6. The zero-order valence-corrected chi connectivity index (χ0v) is 22.6. The van der Waals surface area contributed by atoms with Crippen LogP contribution in [0.1, 0.15) is 29.2 Å². The van der Waals surface area contributed by atoms with Gasteiger partial charge >= 0.3 is 0 Å². The Morgan fingerprint density at radius 2 is 1.64 bits per heavy atom. The predicted molar refractivity (Wildman–Crippen MR) is 154 cm³/mol. The average molecular weight is 568 g/mol. The largest absolute Gasteiger partial charge is 0.344 e. The van der Waals surface area contributed by atoms with Crippen molar-refractivity contribution in [3.63, 3.8) is 0 Å². The molecule has 0 spiro atoms. The molecule has 0 bridgehead atoms. The molecule has 1 aliphatic heterocycles. The Labute approximate surface area is 241 Å². The van der Waals surface area contributed by atoms with Crippen LogP contribution in [-0.2, 0) is 27.3 Å². The van der Waals surface area contributed by atoms with Gasteiger partial charge < -0.3 is 15.5 Å². The van der Waals surface area contributed by atoms with E-state index in [9.17, 15) is 23.2 Å². The molecule has 10 heteroatoms. The van der Waals surface area contributed by atoms with Gasteiger partial charge in [0, 0.05) is 29.6 Å². The van der Waals surface area contributed by atoms with Gasteiger partial charge in [0.05, 0.1) is 24.4 Å². The van der Waals surface area contributed by atoms with Gasteiger partial charge in [0.1, 0.15) is 17.7 Å². The summed E-state index contributed by atoms with van der Waals surface area (Å²) < 4.78 is 27.1. The quantitative estimate of drug-likeness (QED) is 0.337. The van der Waals surface area contributed by atoms with Gasteiger partial charge in [-0.2, -0.15) is 0 Å². The molecule has 212 valence electrons. The van der Waals surface area contributed by atoms with Crippen molar-refractivity contribution in [1.29, 1.82) is 0 Å². The van der Waals surface area contributed by atoms with Crippen LogP contribution in [0.2, 0.25) is 0 Å². The highest BCUT2D eigenvalue weighted by atomic mass is 19.1. The fourth-order valence-electron chi connectivity index (χ4n) is 4.70. The van der Waals surface area contributed by atoms with Crippen LogP contribution < -0.4 is 15.5 Å². The highest BCUT2D eigenvalue weighted by Gasteiger charge is 2.34. The molecule has 0 radical (unpaired) electrons. The summed E-state index contributed by atoms with van der Waals surface area (Å²) in [7, 11) is 0. The fourth-order valence-corrected chi connectivity index (χ4v) is 4.70. The van der Waals surface area contributed by atoms with Gasteiger partial charge in [0.25, 0.3) is 5.91 Å². The molecule has 0 fully saturated rings. The number of nitrogens with one attached hydrogen (secondary N) is 2. The third-order valence-corrected chi connectivity index (χ3v) is 6.66. The molecular weight excluding hydrogens is 540 g/mol. The first-order valence-electron chi connectivity index (χ1n) is 13.3. The molecule has 0 aliphatic carbocycles. The highest BCUT2D eigenvalue weighted by Crippen LogP contribution is 2.29. The maximum absolute atomic E-state index is 14.0. The van der Waals surface area contributed by atoms with Crippen molar-refractivity contribution in [3.05, 3.63) is 131 Å². The minimum atomic E-state index is -1.31. The molecule has 2 heterocycles. The number of carbonyl (C=O) groups excluding carboxylic acids is 3. The van der Waals surface area contributed by atoms with Gasteiger partial charge in [-0.15, -0.1) is 0 Å². The first-order chi connectivity index (χ1) is 20.3. The Morgan fingerprint density at radius 1 is 0.929 bits per heavy atom. The van der Waals surface area contributed by atoms with Gasteiger partial charge in [-0.3, -0.25) is 19.4 Å². The van der Waals surface area contributed by atoms with Crippen LogP contribution in [0.25, 0.3) is 0 Å². The fraction of sp³-hybridized carbons (Fsp3) is 0.156. The summed E-state index contributed by atoms with van der Waals surface area (Å²) in [6.07, 6.45) is 1.66. The number of carbonyl (C=O) groups is 3. The highest BCUT2D eigenvalue weighted by molar-refractivity contribution is 6.20. The monoisotopic (exact) mass is 567 g/mol. The van der Waals surface area contributed by atoms with Gasteiger partial charge in [-0.05, 0) is 42.3 Å². The van der Waals surface area contributed by atoms with Gasteiger partial charge in [-0.1, -0.05) is 54.6 Å². The third kappa shape index (κ3) is 6.55. The molecule has 1 aliphatic rings. The number of nitrogens with zero attached hydrogens (tertiary/aromatic N) is 3. The van der Waals surface area contributed by atoms with Crippen LogP contribution >= 0.6 is 0 Å². The summed E-state index contributed by atoms with van der Waals surface area (Å²) in [4.78, 5) is 50.2. The molecule has 2 N–H and O–H groups in total. The van der Waals surface area contributed by atoms with Crippen molar-refractivity contribution < 1.29 is 23.2 Å². The number of halogens is 2. The summed E-state index contributed by atoms with van der Waals surface area (Å²) in [5, 5.41) is 5.20. The van der Waals surface area contributed by atoms with E-state index in [0.29, 0.717) is 23.0 Å². The van der Waals surface area contributed by atoms with E-state index in [4.69, 9.17) is 4.99 Å². The molecule has 8 nitrogen and oxygen atoms in total. The lowest BCUT2D eigenvalue weighted by molar-refractivity contribution is -0.130. The Balaban J connectivity index is 1.42. The molecule has 1 aromatic heterocycles. The number of benzene rings is 3. The molecular formula is C32H27F2N5O3. The van der Waals surface area contributed by atoms with E-state index < -0.39 is 41.6 Å². The second-order valence-corrected chi connectivity index (χ2v) is 9.80. The molecule has 0 saturated carbocycles. The molecule has 5 rings (SSSR count). The van der Waals surface area contributed by atoms with Gasteiger partial charge in [0.15, 0.2) is 0 Å². The van der Waals surface area contributed by atoms with Crippen LogP contribution in [0, 0.1) is 11.6 Å². The molecule has 1 unspecified atom stereocenters. The van der Waals surface area contributed by atoms with Crippen LogP contribution in [0.4, 0.5) is 14.5 Å². The summed E-state index contributed by atoms with van der Waals surface area (Å²) in [5.41, 5.74) is 3.50. The van der Waals surface area contributed by atoms with Crippen LogP contribution in [-0.4, -0.2) is 40.6 Å². The van der Waals surface area contributed by atoms with E-state index in [1.807, 2.05) is 60.7 Å². The number of aromatic nitrogens is 1. The van der Waals surface area contributed by atoms with E-state index >= 15 is 0 Å². The summed E-state index contributed by atoms with van der Waals surface area (Å²) in [6.45, 7) is 1.63. The number of hydrogen-bond acceptors (Lipinski definition) is 5. The number of hydrogen-bond donors (Lipinski definition) is 2. The van der Waals surface area contributed by atoms with Crippen LogP contribution in [0.15, 0.2) is 102 Å². The molecule has 3 amide bonds. The van der Waals surface area contributed by atoms with Crippen molar-refractivity contribution in [2.45, 2.75) is 32.1 Å². The summed E-state index contributed by atoms with van der Waals surface area (Å²) in [6, 6.07) is 22.0. The van der Waals surface area contributed by atoms with Crippen molar-refractivity contribution in [2.24, 2.45) is 4.99 Å². The SMILES string of the molecule is C[C@H](NC(=O)Cc1cc(F)cc(F)c1)C(=O)NC1N=C(c2ccccc2)c2ccccc2N(Cc2cccnc2)C1=O. The number of anilines is 1. The smallest absolute Gasteiger partial charge is 0.272 e. The number of fused-ring (bicyclic) bond motifs is 1. The number of benzodiazepines with no additional fused rings is 1. The van der Waals surface area contributed by atoms with Gasteiger partial charge in [0.2, 0.25) is 18.0 Å². The maximum Gasteiger partial charge on any atom is 0.272 e. The lowest BCUT2D eigenvalue weighted by Gasteiger charge is -2.26. The van der Waals surface area contributed by atoms with Crippen LogP contribution in [0.3, 0.4) is 0 Å². The van der Waals surface area contributed by atoms with E-state index in [1.165, 1.54) is 6.92 Å². The first kappa shape index (κ1) is 28.3. The Hall–Kier alpha value is -5.25. The van der Waals surface area contributed by atoms with E-state index in [1.54, 1.807) is 23.4 Å². The topological polar surface area (TPSA) is 104 Å². The van der Waals surface area contributed by atoms with E-state index in [0.717, 1.165) is 23.3 Å². The Morgan fingerprint density at radius 3 is 2.36 bits per heavy atom. The van der Waals surface area contributed by atoms with E-state index in [-0.39, 0.29) is 18.5 Å². The predicted octanol–water partition coefficient (Wildman–Crippen LogP) is 3.93. The summed E-state index contributed by atoms with van der Waals surface area (Å²) >= 11 is 0. The standard InChI is InChI=1S/C32H27F2N5O3/c1-20(36-28(40)16-22-14-24(33)17-25(34)15-22)31(41)38-30-32(42)39(19-21-8-7-13-35-18-21)27-12-6-5-11-26(27)29(37-30)23-9-3-2-4-10-23/h2-15,17-18,20,30H,16,19H2,1H3,(H,36,40)(H,38,41)/t20-,30?/m0/s1. The molecule has 4 aromatic rings. The Kier molecular flexibility index (Phi) is 8.42. The number of pyridine rings is 1. The van der Waals surface area contributed by atoms with Crippen LogP contribution in [0.5, 0.6) is 0 Å². The molecule has 42 heavy (non-hydrogen) atoms. The van der Waals surface area contributed by atoms with Crippen molar-refractivity contribution in [2.75, 3.05) is 4.90 Å². The van der Waals surface area contributed by atoms with Crippen molar-refractivity contribution >= 4 is 29.1 Å². The molecule has 2 atom stereocenters. The van der Waals surface area contributed by atoms with E-state index in [2.05, 4.69) is 15.6 Å². The minimum Gasteiger partial charge on any atom is -0.344 e. The normalized spacial score (nSPS) is 15.2. The second kappa shape index (κ2) is 12.5. The first-order valence-corrected chi connectivity index (χ1v) is 13.3. The lowest BCUT2D eigenvalue weighted by Crippen LogP contribution is -2.53. The lowest BCUT2D eigenvalue weighted by atomic mass is 10.00. The summed E-state index contributed by atoms with van der Waals surface area (Å²) in [5.74, 6) is -3.36. The molecule has 3 aromatic carbocycles. The Bertz CT molecular complexity index is 1630. The number of rotatable bonds is 8. The van der Waals surface area contributed by atoms with Crippen molar-refractivity contribution in [3.8, 4) is 0 Å². The van der Waals surface area contributed by atoms with Gasteiger partial charge in [-0.25, -0.2) is 13.8 Å². The van der Waals surface area contributed by atoms with Crippen molar-refractivity contribution in [1.82, 2.24) is 15.6 Å².